The lowest BCUT2D eigenvalue weighted by molar-refractivity contribution is -0.147. The summed E-state index contributed by atoms with van der Waals surface area (Å²) in [4.78, 5) is 130. The molecule has 4 aliphatic heterocycles. The molecule has 4 aliphatic rings. The van der Waals surface area contributed by atoms with Crippen LogP contribution in [0.25, 0.3) is 10.1 Å². The molecule has 0 radical (unpaired) electrons. The molecule has 3 fully saturated rings. The second kappa shape index (κ2) is 24.8. The van der Waals surface area contributed by atoms with Crippen LogP contribution in [0.15, 0.2) is 72.8 Å². The number of benzene rings is 3. The minimum atomic E-state index is -5.85. The van der Waals surface area contributed by atoms with Crippen LogP contribution in [-0.2, 0) is 38.9 Å². The highest BCUT2D eigenvalue weighted by molar-refractivity contribution is 7.52. The van der Waals surface area contributed by atoms with Crippen molar-refractivity contribution in [1.82, 2.24) is 30.7 Å². The van der Waals surface area contributed by atoms with E-state index in [4.69, 9.17) is 4.74 Å². The van der Waals surface area contributed by atoms with Gasteiger partial charge < -0.3 is 35.0 Å². The first kappa shape index (κ1) is 58.5. The summed E-state index contributed by atoms with van der Waals surface area (Å²) in [6.45, 7) is 6.27. The molecule has 5 heterocycles. The predicted molar refractivity (Wildman–Crippen MR) is 289 cm³/mol. The van der Waals surface area contributed by atoms with E-state index in [1.165, 1.54) is 23.1 Å². The molecule has 18 nitrogen and oxygen atoms in total. The quantitative estimate of drug-likeness (QED) is 0.0277. The van der Waals surface area contributed by atoms with Gasteiger partial charge in [-0.25, -0.2) is 0 Å². The molecule has 3 saturated heterocycles. The molecule has 1 unspecified atom stereocenters. The van der Waals surface area contributed by atoms with Crippen molar-refractivity contribution in [3.63, 3.8) is 0 Å². The average molecular weight is 1130 g/mol. The number of ether oxygens (including phenoxy) is 1. The molecule has 22 heteroatoms. The van der Waals surface area contributed by atoms with Crippen LogP contribution in [0, 0.1) is 17.3 Å². The maximum absolute atomic E-state index is 14.8. The van der Waals surface area contributed by atoms with Gasteiger partial charge in [-0.2, -0.15) is 8.78 Å². The van der Waals surface area contributed by atoms with Gasteiger partial charge in [0, 0.05) is 67.2 Å². The maximum atomic E-state index is 14.8. The van der Waals surface area contributed by atoms with Gasteiger partial charge in [-0.1, -0.05) is 101 Å². The lowest BCUT2D eigenvalue weighted by Crippen LogP contribution is -2.58. The zero-order chi connectivity index (χ0) is 56.8. The van der Waals surface area contributed by atoms with E-state index in [0.29, 0.717) is 36.3 Å². The number of rotatable bonds is 19. The highest BCUT2D eigenvalue weighted by Gasteiger charge is 2.51. The van der Waals surface area contributed by atoms with Crippen LogP contribution in [0.2, 0.25) is 0 Å². The van der Waals surface area contributed by atoms with E-state index in [9.17, 15) is 61.5 Å². The second-order valence-electron chi connectivity index (χ2n) is 21.6. The van der Waals surface area contributed by atoms with Gasteiger partial charge in [-0.05, 0) is 78.8 Å². The Morgan fingerprint density at radius 1 is 0.899 bits per heavy atom. The van der Waals surface area contributed by atoms with Crippen molar-refractivity contribution in [2.75, 3.05) is 32.8 Å². The van der Waals surface area contributed by atoms with Gasteiger partial charge in [-0.3, -0.25) is 53.1 Å². The van der Waals surface area contributed by atoms with E-state index >= 15 is 0 Å². The lowest BCUT2D eigenvalue weighted by atomic mass is 9.85. The predicted octanol–water partition coefficient (Wildman–Crippen LogP) is 6.96. The Balaban J connectivity index is 0.820. The van der Waals surface area contributed by atoms with Crippen molar-refractivity contribution in [3.05, 3.63) is 105 Å². The lowest BCUT2D eigenvalue weighted by Gasteiger charge is -2.38. The van der Waals surface area contributed by atoms with Crippen LogP contribution in [0.3, 0.4) is 0 Å². The molecule has 4 aromatic rings. The van der Waals surface area contributed by atoms with Crippen LogP contribution in [0.1, 0.15) is 151 Å². The van der Waals surface area contributed by atoms with E-state index in [2.05, 4.69) is 27.8 Å². The van der Waals surface area contributed by atoms with Gasteiger partial charge in [-0.15, -0.1) is 11.3 Å². The molecule has 1 aromatic heterocycles. The van der Waals surface area contributed by atoms with Crippen LogP contribution in [-0.4, -0.2) is 129 Å². The van der Waals surface area contributed by atoms with Gasteiger partial charge in [0.25, 0.3) is 17.7 Å². The third kappa shape index (κ3) is 13.5. The van der Waals surface area contributed by atoms with E-state index in [-0.39, 0.29) is 71.5 Å². The Morgan fingerprint density at radius 2 is 1.63 bits per heavy atom. The van der Waals surface area contributed by atoms with Crippen molar-refractivity contribution in [1.29, 1.82) is 0 Å². The van der Waals surface area contributed by atoms with Gasteiger partial charge in [0.2, 0.25) is 29.5 Å². The Hall–Kier alpha value is -6.69. The number of nitrogens with one attached hydrogen (secondary N) is 3. The number of piperidine rings is 2. The molecule has 0 aliphatic carbocycles. The first-order chi connectivity index (χ1) is 37.5. The summed E-state index contributed by atoms with van der Waals surface area (Å²) in [7, 11) is -5.85. The number of likely N-dealkylation sites (tertiary alicyclic amines) is 2. The normalized spacial score (nSPS) is 20.2. The number of carbonyl (C=O) groups is 8. The molecule has 8 amide bonds. The second-order valence-corrected chi connectivity index (χ2v) is 24.4. The van der Waals surface area contributed by atoms with Gasteiger partial charge >= 0.3 is 13.3 Å². The third-order valence-electron chi connectivity index (χ3n) is 14.9. The average Bonchev–Trinajstić information content (AvgIpc) is 4.34. The fourth-order valence-electron chi connectivity index (χ4n) is 10.6. The standard InChI is InChI=1S/C57H65F2N6O12PS/c1-56(2,3)49(62-51(69)45-30-38-29-39(23-25-44(38)79-45)57(58,59)78(74,75)76)55(73)64-33-40(31-43(64)53(71)63-28-16-21-37(32-63)35-17-12-10-13-18-35)77-34-47(67)60-27-14-9-7-5-4-6-8-11-19-36-20-15-22-41-48(36)54(72)65(52(41)70)42-24-26-46(66)61-50(42)68/h10,12-13,15,17-18,20,22-23,25,29-30,37,40,42-43,49H,4-9,14,16,21,24,26-28,31-34H2,1-3H3,(H,60,67)(H,62,69)(H,61,66,68)(H2,74,75,76)/t37-,40-,42?,43-,49+/m0/s1. The summed E-state index contributed by atoms with van der Waals surface area (Å²) < 4.78 is 47.3. The zero-order valence-electron chi connectivity index (χ0n) is 44.3. The number of carbonyl (C=O) groups excluding carboxylic acids is 8. The van der Waals surface area contributed by atoms with Gasteiger partial charge in [0.05, 0.1) is 22.1 Å². The van der Waals surface area contributed by atoms with Crippen LogP contribution in [0.4, 0.5) is 8.78 Å². The van der Waals surface area contributed by atoms with E-state index < -0.39 is 83.9 Å². The Kier molecular flexibility index (Phi) is 18.3. The SMILES string of the molecule is CC(C)(C)[C@H](NC(=O)c1cc2cc(C(F)(F)P(=O)(O)O)ccc2s1)C(=O)N1C[C@@H](OCC(=O)NCCCCCCCCC#Cc2cccc3c2C(=O)N(C2CCC(=O)NC2=O)C3=O)C[C@H]1C(=O)N1CCC[C@H](c2ccccc2)C1. The molecule has 79 heavy (non-hydrogen) atoms. The fourth-order valence-corrected chi connectivity index (χ4v) is 12.0. The Morgan fingerprint density at radius 3 is 2.35 bits per heavy atom. The van der Waals surface area contributed by atoms with E-state index in [1.54, 1.807) is 37.8 Å². The molecule has 0 bridgehead atoms. The van der Waals surface area contributed by atoms with Crippen LogP contribution in [0.5, 0.6) is 0 Å². The molecule has 420 valence electrons. The number of hydrogen-bond acceptors (Lipinski definition) is 11. The number of nitrogens with zero attached hydrogens (tertiary/aromatic N) is 3. The Bertz CT molecular complexity index is 3130. The highest BCUT2D eigenvalue weighted by atomic mass is 32.1. The summed E-state index contributed by atoms with van der Waals surface area (Å²) in [6.07, 6.45) is 6.89. The minimum absolute atomic E-state index is 0.0319. The molecular weight excluding hydrogens is 1060 g/mol. The number of fused-ring (bicyclic) bond motifs is 2. The monoisotopic (exact) mass is 1130 g/mol. The number of hydrogen-bond donors (Lipinski definition) is 5. The summed E-state index contributed by atoms with van der Waals surface area (Å²) in [5.74, 6) is 2.07. The molecule has 8 rings (SSSR count). The van der Waals surface area contributed by atoms with Crippen molar-refractivity contribution in [2.45, 2.75) is 134 Å². The van der Waals surface area contributed by atoms with Crippen molar-refractivity contribution in [2.24, 2.45) is 5.41 Å². The van der Waals surface area contributed by atoms with Crippen molar-refractivity contribution in [3.8, 4) is 11.8 Å². The minimum Gasteiger partial charge on any atom is -0.366 e. The number of halogens is 2. The van der Waals surface area contributed by atoms with Crippen LogP contribution < -0.4 is 16.0 Å². The van der Waals surface area contributed by atoms with Crippen LogP contribution >= 0.6 is 18.9 Å². The topological polar surface area (TPSA) is 249 Å². The zero-order valence-corrected chi connectivity index (χ0v) is 46.0. The summed E-state index contributed by atoms with van der Waals surface area (Å²) in [5.41, 5.74) is -4.41. The molecule has 5 atom stereocenters. The van der Waals surface area contributed by atoms with E-state index in [1.807, 2.05) is 30.3 Å². The van der Waals surface area contributed by atoms with Gasteiger partial charge in [0.15, 0.2) is 0 Å². The number of amides is 8. The summed E-state index contributed by atoms with van der Waals surface area (Å²) >= 11 is 0.953. The molecule has 5 N–H and O–H groups in total. The third-order valence-corrected chi connectivity index (χ3v) is 17.0. The molecular formula is C57H65F2N6O12PS. The molecule has 3 aromatic carbocycles. The maximum Gasteiger partial charge on any atom is 0.399 e. The largest absolute Gasteiger partial charge is 0.399 e. The smallest absolute Gasteiger partial charge is 0.366 e. The molecule has 0 saturated carbocycles. The Labute approximate surface area is 460 Å². The highest BCUT2D eigenvalue weighted by Crippen LogP contribution is 2.59. The number of imide groups is 2. The van der Waals surface area contributed by atoms with Crippen molar-refractivity contribution >= 4 is 76.3 Å². The molecule has 0 spiro atoms. The summed E-state index contributed by atoms with van der Waals surface area (Å²) in [5, 5.41) is 8.07. The van der Waals surface area contributed by atoms with Gasteiger partial charge in [0.1, 0.15) is 24.7 Å². The first-order valence-electron chi connectivity index (χ1n) is 26.7. The van der Waals surface area contributed by atoms with E-state index in [0.717, 1.165) is 85.3 Å². The first-order valence-corrected chi connectivity index (χ1v) is 29.1. The summed E-state index contributed by atoms with van der Waals surface area (Å²) in [6, 6.07) is 15.9. The number of unbranched alkanes of at least 4 members (excludes halogenated alkanes) is 6. The van der Waals surface area contributed by atoms with Crippen molar-refractivity contribution < 1.29 is 66.2 Å². The fraction of sp³-hybridized carbons (Fsp3) is 0.474. The number of thiophene rings is 1. The number of alkyl halides is 2.